The highest BCUT2D eigenvalue weighted by molar-refractivity contribution is 5.15. The monoisotopic (exact) mass is 211 g/mol. The summed E-state index contributed by atoms with van der Waals surface area (Å²) in [6.45, 7) is 8.60. The zero-order chi connectivity index (χ0) is 11.3. The lowest BCUT2D eigenvalue weighted by Crippen LogP contribution is -2.13. The molecule has 0 saturated carbocycles. The molecule has 1 aromatic heterocycles. The molecule has 1 heterocycles. The van der Waals surface area contributed by atoms with E-state index >= 15 is 0 Å². The Labute approximate surface area is 91.6 Å². The first-order chi connectivity index (χ1) is 7.15. The zero-order valence-electron chi connectivity index (χ0n) is 10.1. The predicted molar refractivity (Wildman–Crippen MR) is 60.8 cm³/mol. The van der Waals surface area contributed by atoms with E-state index < -0.39 is 0 Å². The molecule has 0 aliphatic carbocycles. The summed E-state index contributed by atoms with van der Waals surface area (Å²) in [6, 6.07) is 0. The van der Waals surface area contributed by atoms with Crippen molar-refractivity contribution >= 4 is 0 Å². The Morgan fingerprint density at radius 2 is 2.27 bits per heavy atom. The van der Waals surface area contributed by atoms with Crippen LogP contribution in [0.3, 0.4) is 0 Å². The molecular formula is C11H21N3O. The lowest BCUT2D eigenvalue weighted by Gasteiger charge is -2.09. The van der Waals surface area contributed by atoms with Crippen LogP contribution in [0.4, 0.5) is 0 Å². The Hall–Kier alpha value is -0.870. The Kier molecular flexibility index (Phi) is 4.78. The van der Waals surface area contributed by atoms with Crippen LogP contribution in [0.2, 0.25) is 0 Å². The minimum absolute atomic E-state index is 0.289. The van der Waals surface area contributed by atoms with Gasteiger partial charge in [-0.05, 0) is 27.8 Å². The van der Waals surface area contributed by atoms with Crippen molar-refractivity contribution in [2.75, 3.05) is 13.7 Å². The van der Waals surface area contributed by atoms with E-state index in [4.69, 9.17) is 4.74 Å². The molecule has 0 fully saturated rings. The van der Waals surface area contributed by atoms with Crippen LogP contribution in [0.15, 0.2) is 6.20 Å². The SMILES string of the molecule is CNCc1cnn(CCOC(C)C)c1C. The van der Waals surface area contributed by atoms with Gasteiger partial charge in [0.2, 0.25) is 0 Å². The van der Waals surface area contributed by atoms with E-state index in [1.807, 2.05) is 31.8 Å². The summed E-state index contributed by atoms with van der Waals surface area (Å²) in [7, 11) is 1.94. The summed E-state index contributed by atoms with van der Waals surface area (Å²) in [6.07, 6.45) is 2.21. The third-order valence-electron chi connectivity index (χ3n) is 2.33. The highest BCUT2D eigenvalue weighted by Crippen LogP contribution is 2.06. The number of hydrogen-bond donors (Lipinski definition) is 1. The normalized spacial score (nSPS) is 11.3. The second-order valence-corrected chi connectivity index (χ2v) is 3.93. The lowest BCUT2D eigenvalue weighted by molar-refractivity contribution is 0.0706. The Balaban J connectivity index is 2.47. The molecule has 0 aliphatic rings. The first-order valence-corrected chi connectivity index (χ1v) is 5.42. The standard InChI is InChI=1S/C11H21N3O/c1-9(2)15-6-5-14-10(3)11(7-12-4)8-13-14/h8-9,12H,5-7H2,1-4H3. The fraction of sp³-hybridized carbons (Fsp3) is 0.727. The molecule has 1 N–H and O–H groups in total. The van der Waals surface area contributed by atoms with Gasteiger partial charge in [-0.15, -0.1) is 0 Å². The quantitative estimate of drug-likeness (QED) is 0.771. The summed E-state index contributed by atoms with van der Waals surface area (Å²) in [5.41, 5.74) is 2.47. The number of nitrogens with one attached hydrogen (secondary N) is 1. The van der Waals surface area contributed by atoms with Crippen molar-refractivity contribution in [2.45, 2.75) is 40.0 Å². The second-order valence-electron chi connectivity index (χ2n) is 3.93. The van der Waals surface area contributed by atoms with Gasteiger partial charge in [-0.1, -0.05) is 0 Å². The van der Waals surface area contributed by atoms with Gasteiger partial charge in [-0.25, -0.2) is 0 Å². The first-order valence-electron chi connectivity index (χ1n) is 5.42. The molecular weight excluding hydrogens is 190 g/mol. The molecule has 0 unspecified atom stereocenters. The van der Waals surface area contributed by atoms with Crippen molar-refractivity contribution in [3.63, 3.8) is 0 Å². The highest BCUT2D eigenvalue weighted by atomic mass is 16.5. The zero-order valence-corrected chi connectivity index (χ0v) is 10.1. The Morgan fingerprint density at radius 1 is 1.53 bits per heavy atom. The predicted octanol–water partition coefficient (Wildman–Crippen LogP) is 1.34. The Morgan fingerprint density at radius 3 is 2.87 bits per heavy atom. The summed E-state index contributed by atoms with van der Waals surface area (Å²) in [4.78, 5) is 0. The van der Waals surface area contributed by atoms with Crippen molar-refractivity contribution in [2.24, 2.45) is 0 Å². The third-order valence-corrected chi connectivity index (χ3v) is 2.33. The van der Waals surface area contributed by atoms with E-state index in [2.05, 4.69) is 17.3 Å². The van der Waals surface area contributed by atoms with Crippen molar-refractivity contribution in [3.8, 4) is 0 Å². The van der Waals surface area contributed by atoms with Crippen LogP contribution in [0, 0.1) is 6.92 Å². The minimum Gasteiger partial charge on any atom is -0.377 e. The first kappa shape index (κ1) is 12.2. The third kappa shape index (κ3) is 3.64. The van der Waals surface area contributed by atoms with E-state index in [0.717, 1.165) is 19.7 Å². The molecule has 4 heteroatoms. The smallest absolute Gasteiger partial charge is 0.0666 e. The molecule has 0 saturated heterocycles. The molecule has 0 radical (unpaired) electrons. The van der Waals surface area contributed by atoms with Crippen molar-refractivity contribution in [1.82, 2.24) is 15.1 Å². The van der Waals surface area contributed by atoms with Crippen molar-refractivity contribution < 1.29 is 4.74 Å². The molecule has 4 nitrogen and oxygen atoms in total. The van der Waals surface area contributed by atoms with Crippen LogP contribution < -0.4 is 5.32 Å². The van der Waals surface area contributed by atoms with Gasteiger partial charge in [-0.3, -0.25) is 4.68 Å². The van der Waals surface area contributed by atoms with Crippen LogP contribution >= 0.6 is 0 Å². The summed E-state index contributed by atoms with van der Waals surface area (Å²) >= 11 is 0. The minimum atomic E-state index is 0.289. The van der Waals surface area contributed by atoms with Crippen molar-refractivity contribution in [3.05, 3.63) is 17.5 Å². The number of hydrogen-bond acceptors (Lipinski definition) is 3. The number of ether oxygens (including phenoxy) is 1. The average molecular weight is 211 g/mol. The second kappa shape index (κ2) is 5.88. The summed E-state index contributed by atoms with van der Waals surface area (Å²) in [5, 5.41) is 7.46. The van der Waals surface area contributed by atoms with Gasteiger partial charge in [-0.2, -0.15) is 5.10 Å². The van der Waals surface area contributed by atoms with Gasteiger partial charge < -0.3 is 10.1 Å². The molecule has 86 valence electrons. The van der Waals surface area contributed by atoms with Crippen LogP contribution in [0.5, 0.6) is 0 Å². The molecule has 0 amide bonds. The molecule has 1 aromatic rings. The van der Waals surface area contributed by atoms with E-state index in [9.17, 15) is 0 Å². The molecule has 0 bridgehead atoms. The summed E-state index contributed by atoms with van der Waals surface area (Å²) < 4.78 is 7.49. The van der Waals surface area contributed by atoms with E-state index in [-0.39, 0.29) is 6.10 Å². The van der Waals surface area contributed by atoms with Crippen LogP contribution in [-0.4, -0.2) is 29.5 Å². The van der Waals surface area contributed by atoms with E-state index in [1.165, 1.54) is 11.3 Å². The van der Waals surface area contributed by atoms with Crippen LogP contribution in [0.25, 0.3) is 0 Å². The topological polar surface area (TPSA) is 39.1 Å². The Bertz CT molecular complexity index is 294. The maximum absolute atomic E-state index is 5.49. The number of nitrogens with zero attached hydrogens (tertiary/aromatic N) is 2. The van der Waals surface area contributed by atoms with Gasteiger partial charge in [0.05, 0.1) is 25.5 Å². The molecule has 15 heavy (non-hydrogen) atoms. The lowest BCUT2D eigenvalue weighted by atomic mass is 10.2. The van der Waals surface area contributed by atoms with Crippen LogP contribution in [-0.2, 0) is 17.8 Å². The fourth-order valence-electron chi connectivity index (χ4n) is 1.45. The van der Waals surface area contributed by atoms with Gasteiger partial charge in [0.1, 0.15) is 0 Å². The van der Waals surface area contributed by atoms with Gasteiger partial charge in [0.25, 0.3) is 0 Å². The average Bonchev–Trinajstić information content (AvgIpc) is 2.50. The number of aromatic nitrogens is 2. The molecule has 0 aliphatic heterocycles. The molecule has 0 aromatic carbocycles. The van der Waals surface area contributed by atoms with Crippen molar-refractivity contribution in [1.29, 1.82) is 0 Å². The van der Waals surface area contributed by atoms with Gasteiger partial charge >= 0.3 is 0 Å². The molecule has 0 atom stereocenters. The highest BCUT2D eigenvalue weighted by Gasteiger charge is 2.05. The van der Waals surface area contributed by atoms with E-state index in [1.54, 1.807) is 0 Å². The maximum Gasteiger partial charge on any atom is 0.0666 e. The van der Waals surface area contributed by atoms with Crippen LogP contribution in [0.1, 0.15) is 25.1 Å². The number of rotatable bonds is 6. The van der Waals surface area contributed by atoms with Gasteiger partial charge in [0.15, 0.2) is 0 Å². The largest absolute Gasteiger partial charge is 0.377 e. The van der Waals surface area contributed by atoms with Gasteiger partial charge in [0, 0.05) is 17.8 Å². The molecule has 0 spiro atoms. The maximum atomic E-state index is 5.49. The van der Waals surface area contributed by atoms with E-state index in [0.29, 0.717) is 0 Å². The molecule has 1 rings (SSSR count). The fourth-order valence-corrected chi connectivity index (χ4v) is 1.45. The summed E-state index contributed by atoms with van der Waals surface area (Å²) in [5.74, 6) is 0.